The van der Waals surface area contributed by atoms with Gasteiger partial charge in [-0.1, -0.05) is 30.0 Å². The lowest BCUT2D eigenvalue weighted by Crippen LogP contribution is -2.36. The third-order valence-electron chi connectivity index (χ3n) is 5.21. The number of esters is 1. The van der Waals surface area contributed by atoms with Crippen LogP contribution in [0.15, 0.2) is 30.3 Å². The summed E-state index contributed by atoms with van der Waals surface area (Å²) in [5.74, 6) is 6.82. The summed E-state index contributed by atoms with van der Waals surface area (Å²) in [6, 6.07) is 10.5. The van der Waals surface area contributed by atoms with Crippen LogP contribution in [0.5, 0.6) is 0 Å². The van der Waals surface area contributed by atoms with Crippen molar-refractivity contribution < 1.29 is 9.53 Å². The van der Waals surface area contributed by atoms with E-state index in [0.717, 1.165) is 31.5 Å². The van der Waals surface area contributed by atoms with E-state index in [1.165, 1.54) is 6.42 Å². The van der Waals surface area contributed by atoms with Gasteiger partial charge in [0.15, 0.2) is 0 Å². The Morgan fingerprint density at radius 2 is 2.14 bits per heavy atom. The highest BCUT2D eigenvalue weighted by atomic mass is 16.5. The van der Waals surface area contributed by atoms with E-state index < -0.39 is 0 Å². The standard InChI is InChI=1S/C18H19NO2/c20-17-18(10-12-21-17)13-19-11-4-7-16(19)15(18)9-8-14-5-2-1-3-6-14/h1-3,5-6,15-16H,4,7,10-13H2/t15-,16-,18+/m1/s1. The molecule has 4 rings (SSSR count). The molecule has 1 aromatic rings. The lowest BCUT2D eigenvalue weighted by atomic mass is 9.74. The Kier molecular flexibility index (Phi) is 3.01. The highest BCUT2D eigenvalue weighted by Crippen LogP contribution is 2.49. The summed E-state index contributed by atoms with van der Waals surface area (Å²) in [6.45, 7) is 2.50. The van der Waals surface area contributed by atoms with E-state index >= 15 is 0 Å². The molecule has 1 spiro atoms. The number of ether oxygens (including phenoxy) is 1. The fourth-order valence-corrected chi connectivity index (χ4v) is 4.17. The maximum Gasteiger partial charge on any atom is 0.314 e. The lowest BCUT2D eigenvalue weighted by molar-refractivity contribution is -0.146. The number of cyclic esters (lactones) is 1. The van der Waals surface area contributed by atoms with Crippen LogP contribution in [0.25, 0.3) is 0 Å². The van der Waals surface area contributed by atoms with E-state index in [1.807, 2.05) is 30.3 Å². The Morgan fingerprint density at radius 1 is 1.29 bits per heavy atom. The molecule has 3 aliphatic rings. The molecule has 21 heavy (non-hydrogen) atoms. The molecule has 1 aromatic carbocycles. The van der Waals surface area contributed by atoms with Crippen LogP contribution in [0.1, 0.15) is 24.8 Å². The fraction of sp³-hybridized carbons (Fsp3) is 0.500. The number of benzene rings is 1. The third kappa shape index (κ3) is 1.98. The minimum Gasteiger partial charge on any atom is -0.465 e. The lowest BCUT2D eigenvalue weighted by Gasteiger charge is -2.24. The quantitative estimate of drug-likeness (QED) is 0.538. The average Bonchev–Trinajstić information content (AvgIpc) is 3.16. The summed E-state index contributed by atoms with van der Waals surface area (Å²) in [5.41, 5.74) is 0.655. The molecule has 3 atom stereocenters. The van der Waals surface area contributed by atoms with E-state index in [9.17, 15) is 4.79 Å². The van der Waals surface area contributed by atoms with Gasteiger partial charge in [0.25, 0.3) is 0 Å². The van der Waals surface area contributed by atoms with Crippen LogP contribution in [0.2, 0.25) is 0 Å². The molecule has 3 fully saturated rings. The molecule has 0 N–H and O–H groups in total. The normalized spacial score (nSPS) is 34.6. The smallest absolute Gasteiger partial charge is 0.314 e. The number of nitrogens with zero attached hydrogens (tertiary/aromatic N) is 1. The van der Waals surface area contributed by atoms with Gasteiger partial charge in [-0.15, -0.1) is 0 Å². The predicted octanol–water partition coefficient (Wildman–Crippen LogP) is 2.07. The van der Waals surface area contributed by atoms with Crippen LogP contribution in [0, 0.1) is 23.2 Å². The zero-order chi connectivity index (χ0) is 14.3. The molecule has 108 valence electrons. The van der Waals surface area contributed by atoms with Crippen LogP contribution in [-0.4, -0.2) is 36.6 Å². The van der Waals surface area contributed by atoms with Gasteiger partial charge >= 0.3 is 5.97 Å². The van der Waals surface area contributed by atoms with Gasteiger partial charge < -0.3 is 4.74 Å². The molecule has 0 unspecified atom stereocenters. The molecule has 3 saturated heterocycles. The zero-order valence-electron chi connectivity index (χ0n) is 12.0. The van der Waals surface area contributed by atoms with Gasteiger partial charge in [0.2, 0.25) is 0 Å². The molecular formula is C18H19NO2. The van der Waals surface area contributed by atoms with E-state index in [0.29, 0.717) is 12.6 Å². The highest BCUT2D eigenvalue weighted by Gasteiger charge is 2.60. The molecule has 3 heteroatoms. The second kappa shape index (κ2) is 4.89. The summed E-state index contributed by atoms with van der Waals surface area (Å²) < 4.78 is 5.30. The second-order valence-electron chi connectivity index (χ2n) is 6.34. The van der Waals surface area contributed by atoms with Crippen molar-refractivity contribution in [2.24, 2.45) is 11.3 Å². The molecule has 0 aliphatic carbocycles. The maximum atomic E-state index is 12.3. The maximum absolute atomic E-state index is 12.3. The van der Waals surface area contributed by atoms with Crippen molar-refractivity contribution in [1.82, 2.24) is 4.90 Å². The Labute approximate surface area is 125 Å². The Morgan fingerprint density at radius 3 is 2.90 bits per heavy atom. The van der Waals surface area contributed by atoms with Crippen LogP contribution in [0.4, 0.5) is 0 Å². The first-order valence-electron chi connectivity index (χ1n) is 7.77. The molecule has 0 aromatic heterocycles. The second-order valence-corrected chi connectivity index (χ2v) is 6.34. The van der Waals surface area contributed by atoms with Crippen molar-refractivity contribution in [3.05, 3.63) is 35.9 Å². The van der Waals surface area contributed by atoms with Crippen LogP contribution in [-0.2, 0) is 9.53 Å². The first-order chi connectivity index (χ1) is 10.3. The van der Waals surface area contributed by atoms with Gasteiger partial charge in [0.05, 0.1) is 17.9 Å². The number of fused-ring (bicyclic) bond motifs is 1. The molecular weight excluding hydrogens is 262 g/mol. The molecule has 0 radical (unpaired) electrons. The van der Waals surface area contributed by atoms with Crippen LogP contribution < -0.4 is 0 Å². The molecule has 3 nitrogen and oxygen atoms in total. The van der Waals surface area contributed by atoms with Gasteiger partial charge in [-0.05, 0) is 31.5 Å². The predicted molar refractivity (Wildman–Crippen MR) is 79.4 cm³/mol. The fourth-order valence-electron chi connectivity index (χ4n) is 4.17. The van der Waals surface area contributed by atoms with Gasteiger partial charge in [-0.2, -0.15) is 0 Å². The first-order valence-corrected chi connectivity index (χ1v) is 7.77. The van der Waals surface area contributed by atoms with E-state index in [4.69, 9.17) is 4.74 Å². The van der Waals surface area contributed by atoms with Gasteiger partial charge in [-0.25, -0.2) is 0 Å². The van der Waals surface area contributed by atoms with Crippen molar-refractivity contribution in [2.45, 2.75) is 25.3 Å². The summed E-state index contributed by atoms with van der Waals surface area (Å²) in [6.07, 6.45) is 3.20. The molecule has 3 heterocycles. The minimum atomic E-state index is -0.368. The summed E-state index contributed by atoms with van der Waals surface area (Å²) in [7, 11) is 0. The monoisotopic (exact) mass is 281 g/mol. The first kappa shape index (κ1) is 12.9. The Hall–Kier alpha value is -1.79. The SMILES string of the molecule is O=C1OCC[C@@]12CN1CCC[C@@H]1[C@H]2C#Cc1ccccc1. The number of hydrogen-bond acceptors (Lipinski definition) is 3. The summed E-state index contributed by atoms with van der Waals surface area (Å²) in [5, 5.41) is 0. The molecule has 0 bridgehead atoms. The highest BCUT2D eigenvalue weighted by molar-refractivity contribution is 5.80. The molecule has 0 amide bonds. The largest absolute Gasteiger partial charge is 0.465 e. The topological polar surface area (TPSA) is 29.5 Å². The van der Waals surface area contributed by atoms with Crippen LogP contribution >= 0.6 is 0 Å². The average molecular weight is 281 g/mol. The van der Waals surface area contributed by atoms with E-state index in [1.54, 1.807) is 0 Å². The third-order valence-corrected chi connectivity index (χ3v) is 5.21. The van der Waals surface area contributed by atoms with Crippen LogP contribution in [0.3, 0.4) is 0 Å². The Balaban J connectivity index is 1.70. The van der Waals surface area contributed by atoms with Crippen molar-refractivity contribution in [2.75, 3.05) is 19.7 Å². The van der Waals surface area contributed by atoms with Gasteiger partial charge in [0.1, 0.15) is 0 Å². The van der Waals surface area contributed by atoms with Crippen molar-refractivity contribution >= 4 is 5.97 Å². The molecule has 0 saturated carbocycles. The molecule has 3 aliphatic heterocycles. The number of carbonyl (C=O) groups is 1. The van der Waals surface area contributed by atoms with Crippen molar-refractivity contribution in [3.63, 3.8) is 0 Å². The zero-order valence-corrected chi connectivity index (χ0v) is 12.0. The van der Waals surface area contributed by atoms with E-state index in [2.05, 4.69) is 16.7 Å². The van der Waals surface area contributed by atoms with Gasteiger partial charge in [-0.3, -0.25) is 9.69 Å². The van der Waals surface area contributed by atoms with Crippen molar-refractivity contribution in [3.8, 4) is 11.8 Å². The number of carbonyl (C=O) groups excluding carboxylic acids is 1. The van der Waals surface area contributed by atoms with Crippen molar-refractivity contribution in [1.29, 1.82) is 0 Å². The minimum absolute atomic E-state index is 0.0238. The van der Waals surface area contributed by atoms with E-state index in [-0.39, 0.29) is 17.3 Å². The number of hydrogen-bond donors (Lipinski definition) is 0. The Bertz CT molecular complexity index is 615. The summed E-state index contributed by atoms with van der Waals surface area (Å²) >= 11 is 0. The summed E-state index contributed by atoms with van der Waals surface area (Å²) in [4.78, 5) is 14.8. The van der Waals surface area contributed by atoms with Gasteiger partial charge in [0, 0.05) is 24.6 Å². The number of rotatable bonds is 0.